The highest BCUT2D eigenvalue weighted by molar-refractivity contribution is 5.99. The van der Waals surface area contributed by atoms with Crippen LogP contribution in [0.15, 0.2) is 10.5 Å². The fourth-order valence-corrected chi connectivity index (χ4v) is 2.43. The average Bonchev–Trinajstić information content (AvgIpc) is 2.83. The second-order valence-corrected chi connectivity index (χ2v) is 4.40. The topological polar surface area (TPSA) is 39.4 Å². The SMILES string of the molecule is CCC1OCCC1C(=O)c1cc(C)oc1C. The van der Waals surface area contributed by atoms with Crippen LogP contribution < -0.4 is 0 Å². The van der Waals surface area contributed by atoms with E-state index in [-0.39, 0.29) is 17.8 Å². The van der Waals surface area contributed by atoms with Crippen molar-refractivity contribution in [1.29, 1.82) is 0 Å². The van der Waals surface area contributed by atoms with Crippen LogP contribution in [0.1, 0.15) is 41.6 Å². The summed E-state index contributed by atoms with van der Waals surface area (Å²) in [5.41, 5.74) is 0.728. The maximum atomic E-state index is 12.3. The van der Waals surface area contributed by atoms with Gasteiger partial charge < -0.3 is 9.15 Å². The van der Waals surface area contributed by atoms with Crippen LogP contribution in [0.4, 0.5) is 0 Å². The van der Waals surface area contributed by atoms with Gasteiger partial charge in [0.15, 0.2) is 5.78 Å². The fourth-order valence-electron chi connectivity index (χ4n) is 2.43. The van der Waals surface area contributed by atoms with Crippen LogP contribution in [0.2, 0.25) is 0 Å². The van der Waals surface area contributed by atoms with E-state index in [1.807, 2.05) is 19.9 Å². The molecule has 1 saturated heterocycles. The van der Waals surface area contributed by atoms with Gasteiger partial charge >= 0.3 is 0 Å². The zero-order chi connectivity index (χ0) is 11.7. The minimum Gasteiger partial charge on any atom is -0.466 e. The first kappa shape index (κ1) is 11.4. The Balaban J connectivity index is 2.21. The summed E-state index contributed by atoms with van der Waals surface area (Å²) in [5, 5.41) is 0. The summed E-state index contributed by atoms with van der Waals surface area (Å²) in [6.45, 7) is 6.47. The van der Waals surface area contributed by atoms with Crippen LogP contribution in [-0.2, 0) is 4.74 Å². The van der Waals surface area contributed by atoms with E-state index in [0.717, 1.165) is 29.9 Å². The average molecular weight is 222 g/mol. The summed E-state index contributed by atoms with van der Waals surface area (Å²) < 4.78 is 11.0. The van der Waals surface area contributed by atoms with E-state index in [2.05, 4.69) is 6.92 Å². The predicted molar refractivity (Wildman–Crippen MR) is 60.7 cm³/mol. The van der Waals surface area contributed by atoms with Gasteiger partial charge in [-0.2, -0.15) is 0 Å². The molecule has 0 amide bonds. The molecule has 16 heavy (non-hydrogen) atoms. The Morgan fingerprint density at radius 3 is 2.81 bits per heavy atom. The molecule has 0 aromatic carbocycles. The van der Waals surface area contributed by atoms with Crippen molar-refractivity contribution in [3.05, 3.63) is 23.2 Å². The summed E-state index contributed by atoms with van der Waals surface area (Å²) in [6, 6.07) is 1.84. The van der Waals surface area contributed by atoms with Gasteiger partial charge in [-0.25, -0.2) is 0 Å². The summed E-state index contributed by atoms with van der Waals surface area (Å²) in [6.07, 6.45) is 1.81. The monoisotopic (exact) mass is 222 g/mol. The molecule has 88 valence electrons. The maximum Gasteiger partial charge on any atom is 0.172 e. The molecule has 0 bridgehead atoms. The van der Waals surface area contributed by atoms with Gasteiger partial charge in [-0.15, -0.1) is 0 Å². The number of aryl methyl sites for hydroxylation is 2. The molecule has 0 N–H and O–H groups in total. The van der Waals surface area contributed by atoms with E-state index in [4.69, 9.17) is 9.15 Å². The van der Waals surface area contributed by atoms with E-state index < -0.39 is 0 Å². The van der Waals surface area contributed by atoms with Gasteiger partial charge in [0.2, 0.25) is 0 Å². The molecule has 2 rings (SSSR count). The molecule has 1 aliphatic heterocycles. The number of carbonyl (C=O) groups is 1. The van der Waals surface area contributed by atoms with Crippen molar-refractivity contribution in [1.82, 2.24) is 0 Å². The summed E-state index contributed by atoms with van der Waals surface area (Å²) in [5.74, 6) is 1.72. The number of carbonyl (C=O) groups excluding carboxylic acids is 1. The highest BCUT2D eigenvalue weighted by atomic mass is 16.5. The Labute approximate surface area is 95.8 Å². The highest BCUT2D eigenvalue weighted by Crippen LogP contribution is 2.28. The first-order valence-corrected chi connectivity index (χ1v) is 5.86. The van der Waals surface area contributed by atoms with Crippen molar-refractivity contribution >= 4 is 5.78 Å². The Kier molecular flexibility index (Phi) is 3.15. The quantitative estimate of drug-likeness (QED) is 0.738. The zero-order valence-corrected chi connectivity index (χ0v) is 10.1. The van der Waals surface area contributed by atoms with Gasteiger partial charge in [0.1, 0.15) is 11.5 Å². The second kappa shape index (κ2) is 4.42. The lowest BCUT2D eigenvalue weighted by Crippen LogP contribution is -2.23. The molecule has 0 aliphatic carbocycles. The number of Topliss-reactive ketones (excluding diaryl/α,β-unsaturated/α-hetero) is 1. The van der Waals surface area contributed by atoms with Gasteiger partial charge in [0.25, 0.3) is 0 Å². The molecule has 3 nitrogen and oxygen atoms in total. The third kappa shape index (κ3) is 1.92. The maximum absolute atomic E-state index is 12.3. The molecule has 1 aromatic heterocycles. The number of hydrogen-bond donors (Lipinski definition) is 0. The molecule has 2 atom stereocenters. The first-order valence-electron chi connectivity index (χ1n) is 5.86. The normalized spacial score (nSPS) is 24.9. The van der Waals surface area contributed by atoms with Crippen LogP contribution >= 0.6 is 0 Å². The minimum absolute atomic E-state index is 0.0145. The summed E-state index contributed by atoms with van der Waals surface area (Å²) in [7, 11) is 0. The molecule has 0 spiro atoms. The lowest BCUT2D eigenvalue weighted by Gasteiger charge is -2.14. The smallest absolute Gasteiger partial charge is 0.172 e. The van der Waals surface area contributed by atoms with Crippen LogP contribution in [0, 0.1) is 19.8 Å². The molecule has 1 aliphatic rings. The second-order valence-electron chi connectivity index (χ2n) is 4.40. The van der Waals surface area contributed by atoms with E-state index in [0.29, 0.717) is 6.61 Å². The van der Waals surface area contributed by atoms with Crippen LogP contribution in [0.3, 0.4) is 0 Å². The third-order valence-electron chi connectivity index (χ3n) is 3.26. The van der Waals surface area contributed by atoms with Crippen LogP contribution in [0.25, 0.3) is 0 Å². The number of rotatable bonds is 3. The van der Waals surface area contributed by atoms with E-state index in [1.165, 1.54) is 0 Å². The zero-order valence-electron chi connectivity index (χ0n) is 10.1. The van der Waals surface area contributed by atoms with Gasteiger partial charge in [-0.05, 0) is 32.8 Å². The van der Waals surface area contributed by atoms with Crippen LogP contribution in [-0.4, -0.2) is 18.5 Å². The number of ether oxygens (including phenoxy) is 1. The van der Waals surface area contributed by atoms with Crippen molar-refractivity contribution in [2.45, 2.75) is 39.7 Å². The lowest BCUT2D eigenvalue weighted by atomic mass is 9.90. The molecule has 1 fully saturated rings. The van der Waals surface area contributed by atoms with Crippen molar-refractivity contribution in [3.8, 4) is 0 Å². The lowest BCUT2D eigenvalue weighted by molar-refractivity contribution is 0.0688. The Hall–Kier alpha value is -1.09. The predicted octanol–water partition coefficient (Wildman–Crippen LogP) is 2.89. The Morgan fingerprint density at radius 1 is 1.50 bits per heavy atom. The first-order chi connectivity index (χ1) is 7.63. The number of ketones is 1. The van der Waals surface area contributed by atoms with Gasteiger partial charge in [0, 0.05) is 6.61 Å². The molecule has 2 unspecified atom stereocenters. The highest BCUT2D eigenvalue weighted by Gasteiger charge is 2.34. The molecule has 2 heterocycles. The van der Waals surface area contributed by atoms with Crippen molar-refractivity contribution in [2.75, 3.05) is 6.61 Å². The summed E-state index contributed by atoms with van der Waals surface area (Å²) in [4.78, 5) is 12.3. The molecule has 3 heteroatoms. The van der Waals surface area contributed by atoms with Gasteiger partial charge in [-0.3, -0.25) is 4.79 Å². The summed E-state index contributed by atoms with van der Waals surface area (Å²) >= 11 is 0. The van der Waals surface area contributed by atoms with E-state index >= 15 is 0 Å². The molecule has 0 radical (unpaired) electrons. The molecular formula is C13H18O3. The minimum atomic E-state index is 0.0145. The Morgan fingerprint density at radius 2 is 2.25 bits per heavy atom. The van der Waals surface area contributed by atoms with Gasteiger partial charge in [-0.1, -0.05) is 6.92 Å². The van der Waals surface area contributed by atoms with Gasteiger partial charge in [0.05, 0.1) is 17.6 Å². The van der Waals surface area contributed by atoms with E-state index in [9.17, 15) is 4.79 Å². The van der Waals surface area contributed by atoms with E-state index in [1.54, 1.807) is 0 Å². The largest absolute Gasteiger partial charge is 0.466 e. The van der Waals surface area contributed by atoms with Crippen molar-refractivity contribution in [2.24, 2.45) is 5.92 Å². The van der Waals surface area contributed by atoms with Crippen molar-refractivity contribution < 1.29 is 13.9 Å². The molecule has 1 aromatic rings. The Bertz CT molecular complexity index is 392. The number of hydrogen-bond acceptors (Lipinski definition) is 3. The van der Waals surface area contributed by atoms with Crippen molar-refractivity contribution in [3.63, 3.8) is 0 Å². The molecule has 0 saturated carbocycles. The fraction of sp³-hybridized carbons (Fsp3) is 0.615. The molecular weight excluding hydrogens is 204 g/mol. The third-order valence-corrected chi connectivity index (χ3v) is 3.26. The standard InChI is InChI=1S/C13H18O3/c1-4-12-10(5-6-15-12)13(14)11-7-8(2)16-9(11)3/h7,10,12H,4-6H2,1-3H3. The number of furan rings is 1. The van der Waals surface area contributed by atoms with Crippen LogP contribution in [0.5, 0.6) is 0 Å².